The van der Waals surface area contributed by atoms with E-state index in [0.29, 0.717) is 12.1 Å². The number of hydrogen-bond donors (Lipinski definition) is 0. The third kappa shape index (κ3) is 3.13. The summed E-state index contributed by atoms with van der Waals surface area (Å²) in [7, 11) is 0. The van der Waals surface area contributed by atoms with E-state index in [4.69, 9.17) is 5.10 Å². The summed E-state index contributed by atoms with van der Waals surface area (Å²) in [6.45, 7) is 8.76. The van der Waals surface area contributed by atoms with Crippen molar-refractivity contribution in [1.82, 2.24) is 19.6 Å². The van der Waals surface area contributed by atoms with Gasteiger partial charge in [0.15, 0.2) is 0 Å². The van der Waals surface area contributed by atoms with Gasteiger partial charge in [-0.05, 0) is 43.0 Å². The Morgan fingerprint density at radius 1 is 1.04 bits per heavy atom. The smallest absolute Gasteiger partial charge is 0.265 e. The van der Waals surface area contributed by atoms with Crippen molar-refractivity contribution in [1.29, 1.82) is 0 Å². The Labute approximate surface area is 164 Å². The van der Waals surface area contributed by atoms with E-state index in [1.165, 1.54) is 5.56 Å². The Morgan fingerprint density at radius 3 is 2.50 bits per heavy atom. The van der Waals surface area contributed by atoms with Crippen LogP contribution in [0.3, 0.4) is 0 Å². The Balaban J connectivity index is 1.96. The molecule has 0 aliphatic rings. The molecule has 2 heterocycles. The summed E-state index contributed by atoms with van der Waals surface area (Å²) in [5.41, 5.74) is 5.65. The van der Waals surface area contributed by atoms with Crippen LogP contribution in [0.4, 0.5) is 0 Å². The molecule has 0 saturated heterocycles. The van der Waals surface area contributed by atoms with Crippen LogP contribution in [0.25, 0.3) is 16.6 Å². The zero-order chi connectivity index (χ0) is 19.8. The molecule has 0 aliphatic carbocycles. The third-order valence-corrected chi connectivity index (χ3v) is 5.08. The maximum absolute atomic E-state index is 13.4. The van der Waals surface area contributed by atoms with E-state index in [0.717, 1.165) is 27.9 Å². The summed E-state index contributed by atoms with van der Waals surface area (Å²) < 4.78 is 3.31. The van der Waals surface area contributed by atoms with Crippen LogP contribution in [0.5, 0.6) is 0 Å². The van der Waals surface area contributed by atoms with Gasteiger partial charge in [0.25, 0.3) is 5.56 Å². The van der Waals surface area contributed by atoms with Gasteiger partial charge in [0.1, 0.15) is 5.52 Å². The fourth-order valence-electron chi connectivity index (χ4n) is 3.52. The molecular formula is C23H24N4O. The summed E-state index contributed by atoms with van der Waals surface area (Å²) in [4.78, 5) is 13.4. The molecule has 142 valence electrons. The molecule has 0 atom stereocenters. The molecule has 2 aromatic carbocycles. The van der Waals surface area contributed by atoms with E-state index in [1.807, 2.05) is 30.3 Å². The Hall–Kier alpha value is -3.21. The molecule has 5 heteroatoms. The van der Waals surface area contributed by atoms with Gasteiger partial charge in [0.05, 0.1) is 24.1 Å². The fraction of sp³-hybridized carbons (Fsp3) is 0.261. The number of aryl methyl sites for hydroxylation is 2. The van der Waals surface area contributed by atoms with E-state index >= 15 is 0 Å². The molecule has 28 heavy (non-hydrogen) atoms. The molecule has 0 saturated carbocycles. The average molecular weight is 372 g/mol. The number of fused-ring (bicyclic) bond motifs is 1. The van der Waals surface area contributed by atoms with Crippen LogP contribution < -0.4 is 5.56 Å². The summed E-state index contributed by atoms with van der Waals surface area (Å²) in [6.07, 6.45) is 1.76. The lowest BCUT2D eigenvalue weighted by Gasteiger charge is -2.13. The minimum absolute atomic E-state index is 0.123. The number of aromatic nitrogens is 4. The van der Waals surface area contributed by atoms with Gasteiger partial charge in [-0.1, -0.05) is 55.8 Å². The van der Waals surface area contributed by atoms with Crippen molar-refractivity contribution in [2.24, 2.45) is 0 Å². The lowest BCUT2D eigenvalue weighted by Crippen LogP contribution is -2.27. The molecule has 5 nitrogen and oxygen atoms in total. The van der Waals surface area contributed by atoms with E-state index < -0.39 is 0 Å². The van der Waals surface area contributed by atoms with Gasteiger partial charge in [-0.2, -0.15) is 10.2 Å². The fourth-order valence-corrected chi connectivity index (χ4v) is 3.52. The van der Waals surface area contributed by atoms with E-state index in [2.05, 4.69) is 51.0 Å². The van der Waals surface area contributed by atoms with Crippen molar-refractivity contribution in [3.63, 3.8) is 0 Å². The molecule has 0 radical (unpaired) electrons. The number of benzene rings is 2. The van der Waals surface area contributed by atoms with E-state index in [9.17, 15) is 4.79 Å². The topological polar surface area (TPSA) is 52.7 Å². The first kappa shape index (κ1) is 18.2. The van der Waals surface area contributed by atoms with Crippen molar-refractivity contribution in [2.45, 2.75) is 40.2 Å². The first-order valence-corrected chi connectivity index (χ1v) is 9.56. The predicted molar refractivity (Wildman–Crippen MR) is 112 cm³/mol. The maximum atomic E-state index is 13.4. The van der Waals surface area contributed by atoms with Gasteiger partial charge < -0.3 is 0 Å². The van der Waals surface area contributed by atoms with Gasteiger partial charge in [-0.15, -0.1) is 0 Å². The maximum Gasteiger partial charge on any atom is 0.293 e. The SMILES string of the molecule is Cc1ccc(C)c(Cn2nc(C(C)C)c3cnn(-c4ccccc4)c3c2=O)c1. The molecule has 0 bridgehead atoms. The molecular weight excluding hydrogens is 348 g/mol. The van der Waals surface area contributed by atoms with Crippen molar-refractivity contribution in [3.8, 4) is 5.69 Å². The highest BCUT2D eigenvalue weighted by molar-refractivity contribution is 5.82. The summed E-state index contributed by atoms with van der Waals surface area (Å²) in [5, 5.41) is 10.1. The van der Waals surface area contributed by atoms with Crippen LogP contribution in [0.2, 0.25) is 0 Å². The van der Waals surface area contributed by atoms with Gasteiger partial charge >= 0.3 is 0 Å². The minimum atomic E-state index is -0.123. The Morgan fingerprint density at radius 2 is 1.79 bits per heavy atom. The zero-order valence-corrected chi connectivity index (χ0v) is 16.7. The molecule has 0 unspecified atom stereocenters. The summed E-state index contributed by atoms with van der Waals surface area (Å²) in [6, 6.07) is 16.1. The van der Waals surface area contributed by atoms with Crippen LogP contribution in [0.15, 0.2) is 59.5 Å². The van der Waals surface area contributed by atoms with Gasteiger partial charge in [0, 0.05) is 5.39 Å². The predicted octanol–water partition coefficient (Wildman–Crippen LogP) is 4.37. The summed E-state index contributed by atoms with van der Waals surface area (Å²) >= 11 is 0. The molecule has 2 aromatic heterocycles. The zero-order valence-electron chi connectivity index (χ0n) is 16.7. The van der Waals surface area contributed by atoms with E-state index in [-0.39, 0.29) is 11.5 Å². The second-order valence-electron chi connectivity index (χ2n) is 7.59. The highest BCUT2D eigenvalue weighted by atomic mass is 16.1. The molecule has 0 amide bonds. The lowest BCUT2D eigenvalue weighted by atomic mass is 10.1. The number of hydrogen-bond acceptors (Lipinski definition) is 3. The second kappa shape index (κ2) is 7.08. The standard InChI is InChI=1S/C23H24N4O/c1-15(2)21-20-13-24-27(19-8-6-5-7-9-19)22(20)23(28)26(25-21)14-18-12-16(3)10-11-17(18)4/h5-13,15H,14H2,1-4H3. The van der Waals surface area contributed by atoms with Crippen molar-refractivity contribution >= 4 is 10.9 Å². The van der Waals surface area contributed by atoms with Crippen LogP contribution in [0, 0.1) is 13.8 Å². The highest BCUT2D eigenvalue weighted by Crippen LogP contribution is 2.23. The average Bonchev–Trinajstić information content (AvgIpc) is 3.12. The van der Waals surface area contributed by atoms with Crippen LogP contribution >= 0.6 is 0 Å². The van der Waals surface area contributed by atoms with Gasteiger partial charge in [0.2, 0.25) is 0 Å². The minimum Gasteiger partial charge on any atom is -0.265 e. The lowest BCUT2D eigenvalue weighted by molar-refractivity contribution is 0.610. The molecule has 0 fully saturated rings. The second-order valence-corrected chi connectivity index (χ2v) is 7.59. The van der Waals surface area contributed by atoms with Crippen molar-refractivity contribution < 1.29 is 0 Å². The first-order chi connectivity index (χ1) is 13.5. The number of para-hydroxylation sites is 1. The number of rotatable bonds is 4. The highest BCUT2D eigenvalue weighted by Gasteiger charge is 2.19. The van der Waals surface area contributed by atoms with E-state index in [1.54, 1.807) is 15.6 Å². The van der Waals surface area contributed by atoms with Gasteiger partial charge in [-0.3, -0.25) is 4.79 Å². The third-order valence-electron chi connectivity index (χ3n) is 5.08. The Bertz CT molecular complexity index is 1200. The van der Waals surface area contributed by atoms with Crippen LogP contribution in [-0.2, 0) is 6.54 Å². The van der Waals surface area contributed by atoms with Crippen molar-refractivity contribution in [3.05, 3.63) is 87.5 Å². The largest absolute Gasteiger partial charge is 0.293 e. The Kier molecular flexibility index (Phi) is 4.59. The van der Waals surface area contributed by atoms with Gasteiger partial charge in [-0.25, -0.2) is 9.36 Å². The normalized spacial score (nSPS) is 11.5. The first-order valence-electron chi connectivity index (χ1n) is 9.56. The molecule has 0 spiro atoms. The van der Waals surface area contributed by atoms with Crippen LogP contribution in [0.1, 0.15) is 42.1 Å². The quantitative estimate of drug-likeness (QED) is 0.534. The molecule has 0 aliphatic heterocycles. The van der Waals surface area contributed by atoms with Crippen LogP contribution in [-0.4, -0.2) is 19.6 Å². The molecule has 0 N–H and O–H groups in total. The molecule has 4 aromatic rings. The molecule has 4 rings (SSSR count). The number of nitrogens with zero attached hydrogens (tertiary/aromatic N) is 4. The monoisotopic (exact) mass is 372 g/mol. The van der Waals surface area contributed by atoms with Crippen molar-refractivity contribution in [2.75, 3.05) is 0 Å². The summed E-state index contributed by atoms with van der Waals surface area (Å²) in [5.74, 6) is 0.182.